The van der Waals surface area contributed by atoms with Crippen LogP contribution in [0.3, 0.4) is 0 Å². The molecular weight excluding hydrogens is 617 g/mol. The lowest BCUT2D eigenvalue weighted by molar-refractivity contribution is 0.102. The first-order valence-electron chi connectivity index (χ1n) is 13.5. The van der Waals surface area contributed by atoms with Gasteiger partial charge in [0.15, 0.2) is 5.75 Å². The summed E-state index contributed by atoms with van der Waals surface area (Å²) in [5.74, 6) is -0.952. The minimum atomic E-state index is -4.56. The molecule has 0 bridgehead atoms. The van der Waals surface area contributed by atoms with E-state index in [1.54, 1.807) is 56.3 Å². The molecular formula is C32H28N4O7S2. The van der Waals surface area contributed by atoms with Gasteiger partial charge in [-0.2, -0.15) is 13.5 Å². The number of para-hydroxylation sites is 1. The maximum absolute atomic E-state index is 13.4. The van der Waals surface area contributed by atoms with Gasteiger partial charge in [-0.1, -0.05) is 54.6 Å². The van der Waals surface area contributed by atoms with E-state index in [2.05, 4.69) is 20.3 Å². The molecule has 13 heteroatoms. The third-order valence-electron chi connectivity index (χ3n) is 7.11. The van der Waals surface area contributed by atoms with Crippen molar-refractivity contribution >= 4 is 59.6 Å². The highest BCUT2D eigenvalue weighted by Crippen LogP contribution is 2.40. The lowest BCUT2D eigenvalue weighted by Gasteiger charge is -2.14. The average Bonchev–Trinajstić information content (AvgIpc) is 2.98. The highest BCUT2D eigenvalue weighted by atomic mass is 32.2. The van der Waals surface area contributed by atoms with Crippen LogP contribution in [0.25, 0.3) is 10.8 Å². The van der Waals surface area contributed by atoms with E-state index >= 15 is 0 Å². The smallest absolute Gasteiger partial charge is 0.294 e. The Morgan fingerprint density at radius 1 is 0.733 bits per heavy atom. The number of sulfonamides is 1. The predicted molar refractivity (Wildman–Crippen MR) is 172 cm³/mol. The zero-order valence-electron chi connectivity index (χ0n) is 24.3. The molecule has 4 N–H and O–H groups in total. The normalized spacial score (nSPS) is 12.0. The number of aryl methyl sites for hydroxylation is 3. The maximum Gasteiger partial charge on any atom is 0.294 e. The van der Waals surface area contributed by atoms with Gasteiger partial charge in [-0.15, -0.1) is 5.11 Å². The number of hydrogen-bond acceptors (Lipinski definition) is 8. The van der Waals surface area contributed by atoms with Crippen LogP contribution in [0.1, 0.15) is 27.0 Å². The number of nitrogens with one attached hydrogen (secondary N) is 2. The molecule has 230 valence electrons. The number of carbonyl (C=O) groups is 1. The average molecular weight is 645 g/mol. The second-order valence-electron chi connectivity index (χ2n) is 10.3. The topological polar surface area (TPSA) is 175 Å². The summed E-state index contributed by atoms with van der Waals surface area (Å²) >= 11 is 0. The second-order valence-corrected chi connectivity index (χ2v) is 13.4. The fourth-order valence-electron chi connectivity index (χ4n) is 4.61. The summed E-state index contributed by atoms with van der Waals surface area (Å²) in [4.78, 5) is 12.6. The molecule has 0 aromatic heterocycles. The number of phenols is 1. The number of nitrogens with zero attached hydrogens (tertiary/aromatic N) is 2. The number of hydrogen-bond donors (Lipinski definition) is 4. The SMILES string of the molecule is Cc1ccccc1NC(=O)c1cc2ccccc2c(N=Nc2ccc(C)c(S(=O)(=O)Nc3cc(S(=O)(=O)O)ccc3C)c2)c1O. The van der Waals surface area contributed by atoms with Gasteiger partial charge in [0.05, 0.1) is 26.7 Å². The largest absolute Gasteiger partial charge is 0.505 e. The quantitative estimate of drug-likeness (QED) is 0.102. The van der Waals surface area contributed by atoms with Gasteiger partial charge in [0.2, 0.25) is 0 Å². The van der Waals surface area contributed by atoms with Gasteiger partial charge in [0.25, 0.3) is 26.0 Å². The van der Waals surface area contributed by atoms with Crippen LogP contribution in [0.2, 0.25) is 0 Å². The highest BCUT2D eigenvalue weighted by Gasteiger charge is 2.22. The van der Waals surface area contributed by atoms with Crippen LogP contribution in [-0.2, 0) is 20.1 Å². The van der Waals surface area contributed by atoms with Crippen molar-refractivity contribution < 1.29 is 31.3 Å². The molecule has 0 radical (unpaired) electrons. The lowest BCUT2D eigenvalue weighted by Crippen LogP contribution is -2.15. The number of rotatable bonds is 8. The van der Waals surface area contributed by atoms with Crippen LogP contribution in [0.5, 0.6) is 5.75 Å². The Morgan fingerprint density at radius 3 is 2.13 bits per heavy atom. The van der Waals surface area contributed by atoms with Gasteiger partial charge >= 0.3 is 0 Å². The van der Waals surface area contributed by atoms with Crippen LogP contribution in [-0.4, -0.2) is 32.4 Å². The molecule has 11 nitrogen and oxygen atoms in total. The monoisotopic (exact) mass is 644 g/mol. The summed E-state index contributed by atoms with van der Waals surface area (Å²) in [6, 6.07) is 23.7. The van der Waals surface area contributed by atoms with E-state index in [9.17, 15) is 31.3 Å². The highest BCUT2D eigenvalue weighted by molar-refractivity contribution is 7.92. The number of azo groups is 1. The number of amides is 1. The van der Waals surface area contributed by atoms with Crippen molar-refractivity contribution in [3.05, 3.63) is 113 Å². The van der Waals surface area contributed by atoms with E-state index in [1.807, 2.05) is 19.1 Å². The number of benzene rings is 5. The van der Waals surface area contributed by atoms with Crippen molar-refractivity contribution in [3.63, 3.8) is 0 Å². The molecule has 5 aromatic carbocycles. The third kappa shape index (κ3) is 6.70. The molecule has 0 aliphatic rings. The van der Waals surface area contributed by atoms with Gasteiger partial charge in [-0.3, -0.25) is 14.1 Å². The predicted octanol–water partition coefficient (Wildman–Crippen LogP) is 7.19. The first-order valence-corrected chi connectivity index (χ1v) is 16.4. The fourth-order valence-corrected chi connectivity index (χ4v) is 6.51. The molecule has 5 rings (SSSR count). The molecule has 0 saturated heterocycles. The van der Waals surface area contributed by atoms with Crippen LogP contribution < -0.4 is 10.0 Å². The van der Waals surface area contributed by atoms with E-state index in [0.717, 1.165) is 17.7 Å². The summed E-state index contributed by atoms with van der Waals surface area (Å²) < 4.78 is 61.8. The summed E-state index contributed by atoms with van der Waals surface area (Å²) in [5.41, 5.74) is 2.30. The first-order chi connectivity index (χ1) is 21.2. The zero-order chi connectivity index (χ0) is 32.5. The minimum absolute atomic E-state index is 0.0174. The molecule has 45 heavy (non-hydrogen) atoms. The van der Waals surface area contributed by atoms with E-state index in [1.165, 1.54) is 24.3 Å². The Hall–Kier alpha value is -5.11. The first kappa shape index (κ1) is 31.3. The summed E-state index contributed by atoms with van der Waals surface area (Å²) in [6.45, 7) is 5.00. The maximum atomic E-state index is 13.4. The van der Waals surface area contributed by atoms with Crippen molar-refractivity contribution in [2.24, 2.45) is 10.2 Å². The number of carbonyl (C=O) groups excluding carboxylic acids is 1. The Labute approximate surface area is 260 Å². The van der Waals surface area contributed by atoms with Crippen molar-refractivity contribution in [3.8, 4) is 5.75 Å². The van der Waals surface area contributed by atoms with Crippen molar-refractivity contribution in [2.75, 3.05) is 10.0 Å². The van der Waals surface area contributed by atoms with Gasteiger partial charge in [-0.05, 0) is 79.2 Å². The van der Waals surface area contributed by atoms with Crippen molar-refractivity contribution in [1.29, 1.82) is 0 Å². The molecule has 0 atom stereocenters. The molecule has 0 spiro atoms. The summed E-state index contributed by atoms with van der Waals surface area (Å²) in [7, 11) is -8.82. The second kappa shape index (κ2) is 12.1. The molecule has 0 aliphatic heterocycles. The van der Waals surface area contributed by atoms with E-state index in [0.29, 0.717) is 27.6 Å². The molecule has 0 saturated carbocycles. The van der Waals surface area contributed by atoms with E-state index in [4.69, 9.17) is 0 Å². The van der Waals surface area contributed by atoms with Gasteiger partial charge in [0, 0.05) is 11.1 Å². The van der Waals surface area contributed by atoms with Gasteiger partial charge in [-0.25, -0.2) is 8.42 Å². The van der Waals surface area contributed by atoms with Crippen LogP contribution >= 0.6 is 0 Å². The molecule has 5 aromatic rings. The molecule has 0 unspecified atom stereocenters. The molecule has 1 amide bonds. The van der Waals surface area contributed by atoms with E-state index in [-0.39, 0.29) is 27.5 Å². The van der Waals surface area contributed by atoms with Crippen molar-refractivity contribution in [1.82, 2.24) is 0 Å². The Kier molecular flexibility index (Phi) is 8.43. The Balaban J connectivity index is 1.51. The third-order valence-corrected chi connectivity index (χ3v) is 9.47. The number of fused-ring (bicyclic) bond motifs is 1. The molecule has 0 heterocycles. The minimum Gasteiger partial charge on any atom is -0.505 e. The standard InChI is InChI=1S/C32H28N4O7S2/c1-19-8-4-7-11-27(19)33-32(38)26-16-22-9-5-6-10-25(22)30(31(26)37)35-34-23-14-12-21(3)29(17-23)44(39,40)36-28-18-24(45(41,42)43)15-13-20(28)2/h4-18,36-37H,1-3H3,(H,33,38)(H,41,42,43). The van der Waals surface area contributed by atoms with Crippen LogP contribution in [0.15, 0.2) is 111 Å². The fraction of sp³-hybridized carbons (Fsp3) is 0.0938. The molecule has 0 fully saturated rings. The van der Waals surface area contributed by atoms with Gasteiger partial charge < -0.3 is 10.4 Å². The van der Waals surface area contributed by atoms with Gasteiger partial charge in [0.1, 0.15) is 5.69 Å². The Morgan fingerprint density at radius 2 is 1.40 bits per heavy atom. The van der Waals surface area contributed by atoms with E-state index < -0.39 is 36.7 Å². The van der Waals surface area contributed by atoms with Crippen molar-refractivity contribution in [2.45, 2.75) is 30.6 Å². The lowest BCUT2D eigenvalue weighted by atomic mass is 10.0. The van der Waals surface area contributed by atoms with Crippen LogP contribution in [0, 0.1) is 20.8 Å². The van der Waals surface area contributed by atoms with Crippen LogP contribution in [0.4, 0.5) is 22.7 Å². The zero-order valence-corrected chi connectivity index (χ0v) is 25.9. The number of phenolic OH excluding ortho intramolecular Hbond substituents is 1. The summed E-state index contributed by atoms with van der Waals surface area (Å²) in [5, 5.41) is 23.6. The number of aromatic hydroxyl groups is 1. The summed E-state index contributed by atoms with van der Waals surface area (Å²) in [6.07, 6.45) is 0. The molecule has 0 aliphatic carbocycles. The number of anilines is 2. The Bertz CT molecular complexity index is 2230.